The number of aliphatic hydroxyl groups excluding tert-OH is 1. The largest absolute Gasteiger partial charge is 0.463 e. The summed E-state index contributed by atoms with van der Waals surface area (Å²) in [5.74, 6) is 1.53. The third kappa shape index (κ3) is 5.14. The van der Waals surface area contributed by atoms with Crippen LogP contribution in [0.1, 0.15) is 85.0 Å². The highest BCUT2D eigenvalue weighted by Gasteiger charge is 2.61. The number of rotatable bonds is 8. The van der Waals surface area contributed by atoms with Crippen molar-refractivity contribution in [2.45, 2.75) is 91.1 Å². The molecule has 0 amide bonds. The molecule has 4 aliphatic carbocycles. The molecule has 1 N–H and O–H groups in total. The number of carbonyl (C=O) groups excluding carboxylic acids is 3. The Morgan fingerprint density at radius 2 is 1.94 bits per heavy atom. The summed E-state index contributed by atoms with van der Waals surface area (Å²) >= 11 is 0. The van der Waals surface area contributed by atoms with Crippen molar-refractivity contribution in [1.82, 2.24) is 0 Å². The summed E-state index contributed by atoms with van der Waals surface area (Å²) in [6, 6.07) is 0. The van der Waals surface area contributed by atoms with Crippen molar-refractivity contribution in [3.05, 3.63) is 23.8 Å². The number of carbonyl (C=O) groups is 3. The van der Waals surface area contributed by atoms with Crippen LogP contribution in [0.15, 0.2) is 23.8 Å². The zero-order valence-corrected chi connectivity index (χ0v) is 21.6. The van der Waals surface area contributed by atoms with Crippen LogP contribution >= 0.6 is 0 Å². The second kappa shape index (κ2) is 10.6. The average molecular weight is 487 g/mol. The van der Waals surface area contributed by atoms with Gasteiger partial charge in [0.1, 0.15) is 6.10 Å². The molecule has 0 aromatic rings. The molecule has 0 radical (unpaired) electrons. The van der Waals surface area contributed by atoms with Crippen LogP contribution in [0.25, 0.3) is 0 Å². The predicted molar refractivity (Wildman–Crippen MR) is 132 cm³/mol. The number of aliphatic hydroxyl groups is 1. The molecular formula is C29H42O6. The highest BCUT2D eigenvalue weighted by Crippen LogP contribution is 2.67. The fourth-order valence-corrected chi connectivity index (χ4v) is 8.06. The normalized spacial score (nSPS) is 38.3. The van der Waals surface area contributed by atoms with Gasteiger partial charge in [-0.3, -0.25) is 9.59 Å². The minimum absolute atomic E-state index is 0.0114. The molecule has 6 heteroatoms. The molecule has 0 unspecified atom stereocenters. The van der Waals surface area contributed by atoms with Crippen LogP contribution in [-0.4, -0.2) is 42.1 Å². The third-order valence-corrected chi connectivity index (χ3v) is 9.85. The van der Waals surface area contributed by atoms with Gasteiger partial charge in [-0.2, -0.15) is 0 Å². The van der Waals surface area contributed by atoms with Gasteiger partial charge in [0.2, 0.25) is 0 Å². The van der Waals surface area contributed by atoms with Crippen molar-refractivity contribution in [3.8, 4) is 0 Å². The Balaban J connectivity index is 1.55. The SMILES string of the molecule is CC(=O)O[C@H]1CC[C@H]2[C@@H]3[C@H](C/C=C/C(=O)OCCCCO)CC4=CC(=O)CC[C@]4(C)[C@H]3CC[C@]12C. The van der Waals surface area contributed by atoms with Crippen molar-refractivity contribution >= 4 is 17.7 Å². The van der Waals surface area contributed by atoms with Crippen LogP contribution in [-0.2, 0) is 23.9 Å². The summed E-state index contributed by atoms with van der Waals surface area (Å²) in [5, 5.41) is 8.87. The lowest BCUT2D eigenvalue weighted by Gasteiger charge is -2.60. The minimum Gasteiger partial charge on any atom is -0.463 e. The zero-order valence-electron chi connectivity index (χ0n) is 21.6. The summed E-state index contributed by atoms with van der Waals surface area (Å²) in [6.45, 7) is 6.64. The van der Waals surface area contributed by atoms with E-state index < -0.39 is 0 Å². The minimum atomic E-state index is -0.337. The van der Waals surface area contributed by atoms with Gasteiger partial charge in [0, 0.05) is 31.4 Å². The number of ether oxygens (including phenoxy) is 2. The van der Waals surface area contributed by atoms with E-state index in [2.05, 4.69) is 13.8 Å². The predicted octanol–water partition coefficient (Wildman–Crippen LogP) is 4.94. The van der Waals surface area contributed by atoms with E-state index in [1.54, 1.807) is 6.08 Å². The molecule has 194 valence electrons. The summed E-state index contributed by atoms with van der Waals surface area (Å²) in [5.41, 5.74) is 1.35. The number of hydrogen-bond acceptors (Lipinski definition) is 6. The van der Waals surface area contributed by atoms with Crippen molar-refractivity contribution in [1.29, 1.82) is 0 Å². The maximum absolute atomic E-state index is 12.3. The van der Waals surface area contributed by atoms with E-state index in [1.807, 2.05) is 12.2 Å². The van der Waals surface area contributed by atoms with Crippen LogP contribution in [0.4, 0.5) is 0 Å². The number of unbranched alkanes of at least 4 members (excludes halogenated alkanes) is 1. The van der Waals surface area contributed by atoms with Crippen LogP contribution in [0.3, 0.4) is 0 Å². The molecule has 6 nitrogen and oxygen atoms in total. The van der Waals surface area contributed by atoms with Gasteiger partial charge in [0.25, 0.3) is 0 Å². The summed E-state index contributed by atoms with van der Waals surface area (Å²) in [4.78, 5) is 36.3. The third-order valence-electron chi connectivity index (χ3n) is 9.85. The lowest BCUT2D eigenvalue weighted by molar-refractivity contribution is -0.158. The Morgan fingerprint density at radius 1 is 1.14 bits per heavy atom. The molecule has 35 heavy (non-hydrogen) atoms. The van der Waals surface area contributed by atoms with E-state index in [-0.39, 0.29) is 41.3 Å². The number of fused-ring (bicyclic) bond motifs is 5. The second-order valence-corrected chi connectivity index (χ2v) is 11.8. The topological polar surface area (TPSA) is 89.9 Å². The molecule has 4 aliphatic rings. The molecule has 0 heterocycles. The standard InChI is InChI=1S/C29H42O6/c1-19(31)35-25-10-9-23-27-20(7-6-8-26(33)34-16-5-4-15-30)17-21-18-22(32)11-13-28(21,2)24(27)12-14-29(23,25)3/h6,8,18,20,23-25,27,30H,4-5,7,9-17H2,1-3H3/b8-6+/t20-,23+,24+,25+,27+,28+,29+/m1/s1. The van der Waals surface area contributed by atoms with E-state index in [1.165, 1.54) is 12.5 Å². The fourth-order valence-electron chi connectivity index (χ4n) is 8.06. The van der Waals surface area contributed by atoms with Gasteiger partial charge < -0.3 is 14.6 Å². The van der Waals surface area contributed by atoms with Gasteiger partial charge >= 0.3 is 11.9 Å². The Labute approximate surface area is 209 Å². The molecule has 3 fully saturated rings. The van der Waals surface area contributed by atoms with E-state index in [9.17, 15) is 14.4 Å². The highest BCUT2D eigenvalue weighted by atomic mass is 16.5. The van der Waals surface area contributed by atoms with Gasteiger partial charge in [0.15, 0.2) is 5.78 Å². The lowest BCUT2D eigenvalue weighted by atomic mass is 9.44. The molecule has 0 aromatic carbocycles. The van der Waals surface area contributed by atoms with Gasteiger partial charge in [-0.05, 0) is 93.0 Å². The van der Waals surface area contributed by atoms with Crippen LogP contribution in [0, 0.1) is 34.5 Å². The second-order valence-electron chi connectivity index (χ2n) is 11.8. The van der Waals surface area contributed by atoms with E-state index in [0.29, 0.717) is 49.5 Å². The first kappa shape index (κ1) is 26.1. The monoisotopic (exact) mass is 486 g/mol. The molecule has 4 rings (SSSR count). The van der Waals surface area contributed by atoms with Crippen LogP contribution < -0.4 is 0 Å². The van der Waals surface area contributed by atoms with Crippen molar-refractivity contribution in [2.75, 3.05) is 13.2 Å². The van der Waals surface area contributed by atoms with Crippen molar-refractivity contribution in [3.63, 3.8) is 0 Å². The van der Waals surface area contributed by atoms with Crippen molar-refractivity contribution < 1.29 is 29.0 Å². The maximum Gasteiger partial charge on any atom is 0.330 e. The van der Waals surface area contributed by atoms with Gasteiger partial charge in [-0.15, -0.1) is 0 Å². The summed E-state index contributed by atoms with van der Waals surface area (Å²) < 4.78 is 11.1. The van der Waals surface area contributed by atoms with Gasteiger partial charge in [0.05, 0.1) is 6.61 Å². The maximum atomic E-state index is 12.3. The number of ketones is 1. The first-order valence-electron chi connectivity index (χ1n) is 13.5. The molecular weight excluding hydrogens is 444 g/mol. The first-order valence-corrected chi connectivity index (χ1v) is 13.5. The molecule has 0 bridgehead atoms. The Bertz CT molecular complexity index is 890. The lowest BCUT2D eigenvalue weighted by Crippen LogP contribution is -2.54. The quantitative estimate of drug-likeness (QED) is 0.297. The molecule has 3 saturated carbocycles. The van der Waals surface area contributed by atoms with Crippen LogP contribution in [0.5, 0.6) is 0 Å². The molecule has 0 saturated heterocycles. The zero-order chi connectivity index (χ0) is 25.2. The van der Waals surface area contributed by atoms with Gasteiger partial charge in [-0.1, -0.05) is 25.5 Å². The van der Waals surface area contributed by atoms with E-state index in [0.717, 1.165) is 44.9 Å². The number of allylic oxidation sites excluding steroid dienone is 2. The molecule has 0 aromatic heterocycles. The fraction of sp³-hybridized carbons (Fsp3) is 0.759. The summed E-state index contributed by atoms with van der Waals surface area (Å²) in [6.07, 6.45) is 14.0. The Kier molecular flexibility index (Phi) is 7.89. The van der Waals surface area contributed by atoms with Crippen molar-refractivity contribution in [2.24, 2.45) is 34.5 Å². The smallest absolute Gasteiger partial charge is 0.330 e. The van der Waals surface area contributed by atoms with E-state index >= 15 is 0 Å². The first-order chi connectivity index (χ1) is 16.7. The van der Waals surface area contributed by atoms with Gasteiger partial charge in [-0.25, -0.2) is 4.79 Å². The number of esters is 2. The number of hydrogen-bond donors (Lipinski definition) is 1. The molecule has 7 atom stereocenters. The molecule has 0 aliphatic heterocycles. The highest BCUT2D eigenvalue weighted by molar-refractivity contribution is 5.91. The average Bonchev–Trinajstić information content (AvgIpc) is 3.13. The van der Waals surface area contributed by atoms with Crippen LogP contribution in [0.2, 0.25) is 0 Å². The Morgan fingerprint density at radius 3 is 2.69 bits per heavy atom. The summed E-state index contributed by atoms with van der Waals surface area (Å²) in [7, 11) is 0. The van der Waals surface area contributed by atoms with E-state index in [4.69, 9.17) is 14.6 Å². The Hall–Kier alpha value is -1.95. The molecule has 0 spiro atoms.